The van der Waals surface area contributed by atoms with Crippen molar-refractivity contribution in [3.63, 3.8) is 0 Å². The molecule has 2 N–H and O–H groups in total. The predicted molar refractivity (Wildman–Crippen MR) is 88.7 cm³/mol. The molecular formula is C15H18ClN3OS. The summed E-state index contributed by atoms with van der Waals surface area (Å²) >= 11 is 11.1. The molecule has 112 valence electrons. The maximum atomic E-state index is 12.5. The summed E-state index contributed by atoms with van der Waals surface area (Å²) in [6, 6.07) is 7.81. The lowest BCUT2D eigenvalue weighted by Crippen LogP contribution is -2.52. The molecule has 1 amide bonds. The van der Waals surface area contributed by atoms with E-state index in [9.17, 15) is 4.79 Å². The molecule has 2 fully saturated rings. The summed E-state index contributed by atoms with van der Waals surface area (Å²) in [6.45, 7) is 3.02. The van der Waals surface area contributed by atoms with Gasteiger partial charge in [0.2, 0.25) is 5.91 Å². The lowest BCUT2D eigenvalue weighted by atomic mass is 10.0. The van der Waals surface area contributed by atoms with Crippen molar-refractivity contribution >= 4 is 40.4 Å². The zero-order valence-corrected chi connectivity index (χ0v) is 13.3. The second-order valence-corrected chi connectivity index (χ2v) is 6.58. The molecule has 1 saturated carbocycles. The molecule has 1 heterocycles. The van der Waals surface area contributed by atoms with Crippen LogP contribution in [0.1, 0.15) is 12.8 Å². The number of rotatable bonds is 3. The van der Waals surface area contributed by atoms with Gasteiger partial charge in [-0.25, -0.2) is 0 Å². The Morgan fingerprint density at radius 2 is 1.90 bits per heavy atom. The third-order valence-electron chi connectivity index (χ3n) is 4.37. The summed E-state index contributed by atoms with van der Waals surface area (Å²) in [4.78, 5) is 17.0. The summed E-state index contributed by atoms with van der Waals surface area (Å²) in [5.41, 5.74) is 6.30. The SMILES string of the molecule is NC(=S)C1(C(=O)N2CCN(c3cccc(Cl)c3)CC2)CC1. The van der Waals surface area contributed by atoms with Gasteiger partial charge >= 0.3 is 0 Å². The van der Waals surface area contributed by atoms with Crippen molar-refractivity contribution in [3.8, 4) is 0 Å². The van der Waals surface area contributed by atoms with Gasteiger partial charge in [0, 0.05) is 36.9 Å². The molecule has 1 aliphatic carbocycles. The minimum atomic E-state index is -0.534. The molecule has 1 saturated heterocycles. The standard InChI is InChI=1S/C15H18ClN3OS/c16-11-2-1-3-12(10-11)18-6-8-19(9-7-18)14(20)15(4-5-15)13(17)21/h1-3,10H,4-9H2,(H2,17,21). The minimum Gasteiger partial charge on any atom is -0.392 e. The first-order chi connectivity index (χ1) is 10.0. The first-order valence-electron chi connectivity index (χ1n) is 7.13. The van der Waals surface area contributed by atoms with Crippen LogP contribution >= 0.6 is 23.8 Å². The van der Waals surface area contributed by atoms with Gasteiger partial charge in [-0.05, 0) is 31.0 Å². The summed E-state index contributed by atoms with van der Waals surface area (Å²) in [5, 5.41) is 0.733. The number of benzene rings is 1. The second kappa shape index (κ2) is 5.46. The molecule has 1 aromatic carbocycles. The Morgan fingerprint density at radius 1 is 1.24 bits per heavy atom. The third kappa shape index (κ3) is 2.72. The number of anilines is 1. The van der Waals surface area contributed by atoms with Gasteiger partial charge in [-0.15, -0.1) is 0 Å². The van der Waals surface area contributed by atoms with E-state index in [4.69, 9.17) is 29.6 Å². The van der Waals surface area contributed by atoms with Crippen LogP contribution in [0, 0.1) is 5.41 Å². The van der Waals surface area contributed by atoms with Crippen molar-refractivity contribution in [1.82, 2.24) is 4.90 Å². The van der Waals surface area contributed by atoms with E-state index in [2.05, 4.69) is 4.90 Å². The quantitative estimate of drug-likeness (QED) is 0.865. The molecule has 6 heteroatoms. The van der Waals surface area contributed by atoms with Crippen LogP contribution in [0.25, 0.3) is 0 Å². The van der Waals surface area contributed by atoms with Crippen LogP contribution in [0.4, 0.5) is 5.69 Å². The van der Waals surface area contributed by atoms with Crippen molar-refractivity contribution < 1.29 is 4.79 Å². The van der Waals surface area contributed by atoms with Gasteiger partial charge in [0.25, 0.3) is 0 Å². The third-order valence-corrected chi connectivity index (χ3v) is 5.00. The highest BCUT2D eigenvalue weighted by atomic mass is 35.5. The van der Waals surface area contributed by atoms with E-state index < -0.39 is 5.41 Å². The molecule has 1 aromatic rings. The van der Waals surface area contributed by atoms with Gasteiger partial charge in [-0.2, -0.15) is 0 Å². The highest BCUT2D eigenvalue weighted by molar-refractivity contribution is 7.80. The fraction of sp³-hybridized carbons (Fsp3) is 0.467. The van der Waals surface area contributed by atoms with Crippen LogP contribution in [0.15, 0.2) is 24.3 Å². The molecule has 0 unspecified atom stereocenters. The summed E-state index contributed by atoms with van der Waals surface area (Å²) in [6.07, 6.45) is 1.60. The van der Waals surface area contributed by atoms with Crippen molar-refractivity contribution in [2.75, 3.05) is 31.1 Å². The second-order valence-electron chi connectivity index (χ2n) is 5.71. The minimum absolute atomic E-state index is 0.112. The van der Waals surface area contributed by atoms with Crippen LogP contribution < -0.4 is 10.6 Å². The molecule has 21 heavy (non-hydrogen) atoms. The number of carbonyl (C=O) groups excluding carboxylic acids is 1. The van der Waals surface area contributed by atoms with Crippen LogP contribution in [0.2, 0.25) is 5.02 Å². The first-order valence-corrected chi connectivity index (χ1v) is 7.91. The molecule has 0 spiro atoms. The fourth-order valence-corrected chi connectivity index (χ4v) is 3.31. The molecule has 0 atom stereocenters. The van der Waals surface area contributed by atoms with Gasteiger partial charge in [-0.3, -0.25) is 4.79 Å². The van der Waals surface area contributed by atoms with Gasteiger partial charge in [0.15, 0.2) is 0 Å². The van der Waals surface area contributed by atoms with E-state index in [-0.39, 0.29) is 5.91 Å². The largest absolute Gasteiger partial charge is 0.392 e. The number of hydrogen-bond donors (Lipinski definition) is 1. The van der Waals surface area contributed by atoms with E-state index in [1.807, 2.05) is 29.2 Å². The predicted octanol–water partition coefficient (Wildman–Crippen LogP) is 2.05. The Labute approximate surface area is 134 Å². The molecule has 0 aromatic heterocycles. The Balaban J connectivity index is 1.63. The Bertz CT molecular complexity index is 580. The monoisotopic (exact) mass is 323 g/mol. The Hall–Kier alpha value is -1.33. The summed E-state index contributed by atoms with van der Waals surface area (Å²) in [5.74, 6) is 0.112. The number of hydrogen-bond acceptors (Lipinski definition) is 3. The van der Waals surface area contributed by atoms with Crippen molar-refractivity contribution in [2.45, 2.75) is 12.8 Å². The number of halogens is 1. The average Bonchev–Trinajstić information content (AvgIpc) is 3.28. The summed E-state index contributed by atoms with van der Waals surface area (Å²) in [7, 11) is 0. The van der Waals surface area contributed by atoms with Crippen LogP contribution in [0.5, 0.6) is 0 Å². The van der Waals surface area contributed by atoms with Crippen LogP contribution in [0.3, 0.4) is 0 Å². The molecule has 0 bridgehead atoms. The highest BCUT2D eigenvalue weighted by Crippen LogP contribution is 2.47. The number of amides is 1. The van der Waals surface area contributed by atoms with E-state index in [0.29, 0.717) is 18.1 Å². The molecule has 3 rings (SSSR count). The van der Waals surface area contributed by atoms with E-state index in [0.717, 1.165) is 36.6 Å². The zero-order chi connectivity index (χ0) is 15.0. The highest BCUT2D eigenvalue weighted by Gasteiger charge is 2.54. The maximum absolute atomic E-state index is 12.5. The van der Waals surface area contributed by atoms with E-state index >= 15 is 0 Å². The topological polar surface area (TPSA) is 49.6 Å². The lowest BCUT2D eigenvalue weighted by molar-refractivity contribution is -0.134. The number of carbonyl (C=O) groups is 1. The molecule has 2 aliphatic rings. The van der Waals surface area contributed by atoms with Gasteiger partial charge in [-0.1, -0.05) is 29.9 Å². The molecule has 4 nitrogen and oxygen atoms in total. The smallest absolute Gasteiger partial charge is 0.235 e. The maximum Gasteiger partial charge on any atom is 0.235 e. The number of nitrogens with zero attached hydrogens (tertiary/aromatic N) is 2. The van der Waals surface area contributed by atoms with E-state index in [1.54, 1.807) is 0 Å². The first kappa shape index (κ1) is 14.6. The van der Waals surface area contributed by atoms with Crippen molar-refractivity contribution in [2.24, 2.45) is 11.1 Å². The number of thiocarbonyl (C=S) groups is 1. The Kier molecular flexibility index (Phi) is 3.80. The Morgan fingerprint density at radius 3 is 2.43 bits per heavy atom. The molecule has 1 aliphatic heterocycles. The van der Waals surface area contributed by atoms with E-state index in [1.165, 1.54) is 0 Å². The normalized spacial score (nSPS) is 20.2. The molecular weight excluding hydrogens is 306 g/mol. The molecule has 0 radical (unpaired) electrons. The lowest BCUT2D eigenvalue weighted by Gasteiger charge is -2.37. The zero-order valence-electron chi connectivity index (χ0n) is 11.7. The number of piperazine rings is 1. The average molecular weight is 324 g/mol. The van der Waals surface area contributed by atoms with Crippen LogP contribution in [-0.2, 0) is 4.79 Å². The van der Waals surface area contributed by atoms with Gasteiger partial charge < -0.3 is 15.5 Å². The van der Waals surface area contributed by atoms with Crippen molar-refractivity contribution in [3.05, 3.63) is 29.3 Å². The number of nitrogens with two attached hydrogens (primary N) is 1. The fourth-order valence-electron chi connectivity index (χ4n) is 2.83. The van der Waals surface area contributed by atoms with Gasteiger partial charge in [0.05, 0.1) is 10.4 Å². The van der Waals surface area contributed by atoms with Crippen molar-refractivity contribution in [1.29, 1.82) is 0 Å². The van der Waals surface area contributed by atoms with Crippen LogP contribution in [-0.4, -0.2) is 42.0 Å². The summed E-state index contributed by atoms with van der Waals surface area (Å²) < 4.78 is 0. The van der Waals surface area contributed by atoms with Gasteiger partial charge in [0.1, 0.15) is 0 Å².